The Kier molecular flexibility index (Phi) is 4.49. The van der Waals surface area contributed by atoms with E-state index in [1.807, 2.05) is 13.0 Å². The van der Waals surface area contributed by atoms with Crippen LogP contribution in [-0.4, -0.2) is 21.5 Å². The number of aromatic nitrogens is 2. The van der Waals surface area contributed by atoms with Gasteiger partial charge in [0.1, 0.15) is 6.54 Å². The van der Waals surface area contributed by atoms with Crippen LogP contribution in [0.15, 0.2) is 29.6 Å². The molecule has 1 N–H and O–H groups in total. The molecule has 1 aromatic carbocycles. The van der Waals surface area contributed by atoms with E-state index in [9.17, 15) is 9.59 Å². The first-order chi connectivity index (χ1) is 11.5. The molecule has 2 heterocycles. The quantitative estimate of drug-likeness (QED) is 0.725. The normalized spacial score (nSPS) is 11.0. The molecule has 0 aliphatic heterocycles. The molecular weight excluding hydrogens is 322 g/mol. The Bertz CT molecular complexity index is 924. The van der Waals surface area contributed by atoms with E-state index in [2.05, 4.69) is 34.0 Å². The Balaban J connectivity index is 1.65. The molecule has 0 unspecified atom stereocenters. The lowest BCUT2D eigenvalue weighted by atomic mass is 10.1. The van der Waals surface area contributed by atoms with E-state index < -0.39 is 0 Å². The van der Waals surface area contributed by atoms with Gasteiger partial charge in [-0.25, -0.2) is 0 Å². The molecule has 0 atom stereocenters. The Morgan fingerprint density at radius 2 is 2.04 bits per heavy atom. The molecule has 124 valence electrons. The van der Waals surface area contributed by atoms with E-state index in [4.69, 9.17) is 0 Å². The van der Waals surface area contributed by atoms with E-state index in [1.165, 1.54) is 17.0 Å². The summed E-state index contributed by atoms with van der Waals surface area (Å²) in [4.78, 5) is 23.8. The number of aryl methyl sites for hydroxylation is 1. The van der Waals surface area contributed by atoms with Gasteiger partial charge in [0.25, 0.3) is 0 Å². The zero-order chi connectivity index (χ0) is 17.3. The number of hydrogen-bond donors (Lipinski definition) is 1. The molecule has 0 spiro atoms. The number of benzene rings is 1. The van der Waals surface area contributed by atoms with Crippen molar-refractivity contribution < 1.29 is 9.59 Å². The van der Waals surface area contributed by atoms with E-state index in [-0.39, 0.29) is 18.2 Å². The topological polar surface area (TPSA) is 64.0 Å². The van der Waals surface area contributed by atoms with E-state index in [1.54, 1.807) is 22.9 Å². The van der Waals surface area contributed by atoms with Gasteiger partial charge in [0.15, 0.2) is 5.78 Å². The van der Waals surface area contributed by atoms with E-state index in [0.717, 1.165) is 11.3 Å². The van der Waals surface area contributed by atoms with Crippen LogP contribution >= 0.6 is 11.3 Å². The van der Waals surface area contributed by atoms with Crippen LogP contribution < -0.4 is 5.32 Å². The molecule has 1 amide bonds. The second-order valence-electron chi connectivity index (χ2n) is 5.83. The Morgan fingerprint density at radius 3 is 2.75 bits per heavy atom. The number of amides is 1. The van der Waals surface area contributed by atoms with Crippen LogP contribution in [0, 0.1) is 13.8 Å². The molecule has 0 bridgehead atoms. The molecule has 6 heteroatoms. The number of nitrogens with one attached hydrogen (secondary N) is 1. The smallest absolute Gasteiger partial charge is 0.242 e. The first-order valence-electron chi connectivity index (χ1n) is 7.73. The van der Waals surface area contributed by atoms with Crippen molar-refractivity contribution in [3.63, 3.8) is 0 Å². The summed E-state index contributed by atoms with van der Waals surface area (Å²) in [7, 11) is 0. The fourth-order valence-corrected chi connectivity index (χ4v) is 3.65. The van der Waals surface area contributed by atoms with Crippen LogP contribution in [-0.2, 0) is 17.9 Å². The van der Waals surface area contributed by atoms with Crippen molar-refractivity contribution in [3.05, 3.63) is 52.2 Å². The highest BCUT2D eigenvalue weighted by Crippen LogP contribution is 2.21. The summed E-state index contributed by atoms with van der Waals surface area (Å²) < 4.78 is 2.83. The van der Waals surface area contributed by atoms with Crippen LogP contribution in [0.2, 0.25) is 0 Å². The fraction of sp³-hybridized carbons (Fsp3) is 0.278. The zero-order valence-corrected chi connectivity index (χ0v) is 14.7. The molecule has 3 rings (SSSR count). The van der Waals surface area contributed by atoms with Gasteiger partial charge in [0.2, 0.25) is 5.91 Å². The summed E-state index contributed by atoms with van der Waals surface area (Å²) in [6.45, 7) is 5.70. The number of carbonyl (C=O) groups excluding carboxylic acids is 2. The van der Waals surface area contributed by atoms with Gasteiger partial charge in [0, 0.05) is 16.9 Å². The highest BCUT2D eigenvalue weighted by molar-refractivity contribution is 7.17. The largest absolute Gasteiger partial charge is 0.350 e. The SMILES string of the molecule is CC(=O)c1c(C)nn(CC(=O)NCc2ccc3sccc3c2)c1C. The maximum Gasteiger partial charge on any atom is 0.242 e. The van der Waals surface area contributed by atoms with E-state index in [0.29, 0.717) is 17.8 Å². The molecule has 0 aliphatic rings. The van der Waals surface area contributed by atoms with Gasteiger partial charge in [0.05, 0.1) is 11.3 Å². The first kappa shape index (κ1) is 16.4. The lowest BCUT2D eigenvalue weighted by Gasteiger charge is -2.07. The number of rotatable bonds is 5. The summed E-state index contributed by atoms with van der Waals surface area (Å²) in [6, 6.07) is 8.26. The van der Waals surface area contributed by atoms with Crippen molar-refractivity contribution in [2.45, 2.75) is 33.9 Å². The zero-order valence-electron chi connectivity index (χ0n) is 13.9. The molecule has 0 radical (unpaired) electrons. The first-order valence-corrected chi connectivity index (χ1v) is 8.61. The van der Waals surface area contributed by atoms with Gasteiger partial charge in [-0.15, -0.1) is 11.3 Å². The summed E-state index contributed by atoms with van der Waals surface area (Å²) in [5.74, 6) is -0.151. The minimum absolute atomic E-state index is 0.0271. The molecule has 0 saturated carbocycles. The van der Waals surface area contributed by atoms with Gasteiger partial charge in [-0.1, -0.05) is 6.07 Å². The number of nitrogens with zero attached hydrogens (tertiary/aromatic N) is 2. The Labute approximate surface area is 144 Å². The summed E-state index contributed by atoms with van der Waals surface area (Å²) in [5.41, 5.74) is 3.06. The Morgan fingerprint density at radius 1 is 1.25 bits per heavy atom. The van der Waals surface area contributed by atoms with Gasteiger partial charge in [-0.05, 0) is 55.3 Å². The summed E-state index contributed by atoms with van der Waals surface area (Å²) >= 11 is 1.70. The molecule has 2 aromatic heterocycles. The standard InChI is InChI=1S/C18H19N3O2S/c1-11-18(13(3)22)12(2)21(20-11)10-17(23)19-9-14-4-5-16-15(8-14)6-7-24-16/h4-8H,9-10H2,1-3H3,(H,19,23). The van der Waals surface area contributed by atoms with Crippen LogP contribution in [0.4, 0.5) is 0 Å². The minimum atomic E-state index is -0.124. The molecule has 5 nitrogen and oxygen atoms in total. The van der Waals surface area contributed by atoms with Gasteiger partial charge >= 0.3 is 0 Å². The van der Waals surface area contributed by atoms with Crippen molar-refractivity contribution in [1.82, 2.24) is 15.1 Å². The number of ketones is 1. The van der Waals surface area contributed by atoms with Gasteiger partial charge in [-0.2, -0.15) is 5.10 Å². The number of fused-ring (bicyclic) bond motifs is 1. The van der Waals surface area contributed by atoms with Crippen LogP contribution in [0.5, 0.6) is 0 Å². The molecule has 24 heavy (non-hydrogen) atoms. The molecule has 0 aliphatic carbocycles. The maximum absolute atomic E-state index is 12.2. The van der Waals surface area contributed by atoms with Gasteiger partial charge in [-0.3, -0.25) is 14.3 Å². The third-order valence-electron chi connectivity index (χ3n) is 4.03. The van der Waals surface area contributed by atoms with Gasteiger partial charge < -0.3 is 5.32 Å². The van der Waals surface area contributed by atoms with Crippen LogP contribution in [0.1, 0.15) is 34.2 Å². The van der Waals surface area contributed by atoms with Crippen molar-refractivity contribution in [3.8, 4) is 0 Å². The predicted octanol–water partition coefficient (Wildman–Crippen LogP) is 3.23. The summed E-state index contributed by atoms with van der Waals surface area (Å²) in [6.07, 6.45) is 0. The molecule has 3 aromatic rings. The molecule has 0 fully saturated rings. The van der Waals surface area contributed by atoms with Crippen molar-refractivity contribution >= 4 is 33.1 Å². The predicted molar refractivity (Wildman–Crippen MR) is 95.4 cm³/mol. The maximum atomic E-state index is 12.2. The van der Waals surface area contributed by atoms with Crippen LogP contribution in [0.25, 0.3) is 10.1 Å². The number of carbonyl (C=O) groups is 2. The highest BCUT2D eigenvalue weighted by atomic mass is 32.1. The number of thiophene rings is 1. The molecule has 0 saturated heterocycles. The fourth-order valence-electron chi connectivity index (χ4n) is 2.88. The third kappa shape index (κ3) is 3.23. The Hall–Kier alpha value is -2.47. The number of hydrogen-bond acceptors (Lipinski definition) is 4. The van der Waals surface area contributed by atoms with Crippen molar-refractivity contribution in [1.29, 1.82) is 0 Å². The molecular formula is C18H19N3O2S. The van der Waals surface area contributed by atoms with Crippen molar-refractivity contribution in [2.75, 3.05) is 0 Å². The minimum Gasteiger partial charge on any atom is -0.350 e. The third-order valence-corrected chi connectivity index (χ3v) is 4.93. The van der Waals surface area contributed by atoms with E-state index >= 15 is 0 Å². The lowest BCUT2D eigenvalue weighted by Crippen LogP contribution is -2.28. The monoisotopic (exact) mass is 341 g/mol. The highest BCUT2D eigenvalue weighted by Gasteiger charge is 2.16. The second-order valence-corrected chi connectivity index (χ2v) is 6.78. The second kappa shape index (κ2) is 6.57. The van der Waals surface area contributed by atoms with Crippen molar-refractivity contribution in [2.24, 2.45) is 0 Å². The number of Topliss-reactive ketones (excluding diaryl/α,β-unsaturated/α-hetero) is 1. The average molecular weight is 341 g/mol. The average Bonchev–Trinajstić information content (AvgIpc) is 3.09. The lowest BCUT2D eigenvalue weighted by molar-refractivity contribution is -0.122. The van der Waals surface area contributed by atoms with Crippen LogP contribution in [0.3, 0.4) is 0 Å². The summed E-state index contributed by atoms with van der Waals surface area (Å²) in [5, 5.41) is 10.5.